The second kappa shape index (κ2) is 8.07. The molecule has 0 bridgehead atoms. The number of hydrogen-bond donors (Lipinski definition) is 1. The Labute approximate surface area is 160 Å². The number of halogens is 1. The quantitative estimate of drug-likeness (QED) is 0.733. The van der Waals surface area contributed by atoms with Gasteiger partial charge in [0.25, 0.3) is 0 Å². The van der Waals surface area contributed by atoms with Crippen LogP contribution in [0.1, 0.15) is 24.8 Å². The van der Waals surface area contributed by atoms with Crippen molar-refractivity contribution in [3.05, 3.63) is 28.2 Å². The number of amides is 4. The zero-order chi connectivity index (χ0) is 18.7. The summed E-state index contributed by atoms with van der Waals surface area (Å²) in [5.74, 6) is 0.683. The molecule has 26 heavy (non-hydrogen) atoms. The Morgan fingerprint density at radius 1 is 1.31 bits per heavy atom. The first-order chi connectivity index (χ1) is 12.5. The van der Waals surface area contributed by atoms with Gasteiger partial charge in [0.1, 0.15) is 5.75 Å². The molecule has 0 spiro atoms. The number of rotatable bonds is 5. The molecule has 8 heteroatoms. The van der Waals surface area contributed by atoms with Gasteiger partial charge < -0.3 is 15.0 Å². The first-order valence-corrected chi connectivity index (χ1v) is 9.49. The minimum absolute atomic E-state index is 0.0758. The molecular formula is C18H22BrN3O4. The Bertz CT molecular complexity index is 700. The van der Waals surface area contributed by atoms with E-state index >= 15 is 0 Å². The van der Waals surface area contributed by atoms with E-state index in [9.17, 15) is 14.4 Å². The third-order valence-electron chi connectivity index (χ3n) is 4.91. The highest BCUT2D eigenvalue weighted by atomic mass is 79.9. The fourth-order valence-electron chi connectivity index (χ4n) is 3.52. The van der Waals surface area contributed by atoms with Gasteiger partial charge in [0.15, 0.2) is 0 Å². The van der Waals surface area contributed by atoms with E-state index in [0.29, 0.717) is 38.8 Å². The number of carbonyl (C=O) groups excluding carboxylic acids is 3. The smallest absolute Gasteiger partial charge is 0.324 e. The fraction of sp³-hybridized carbons (Fsp3) is 0.500. The largest absolute Gasteiger partial charge is 0.496 e. The molecular weight excluding hydrogens is 402 g/mol. The summed E-state index contributed by atoms with van der Waals surface area (Å²) in [6.45, 7) is 1.21. The van der Waals surface area contributed by atoms with Gasteiger partial charge >= 0.3 is 6.03 Å². The number of ether oxygens (including phenoxy) is 1. The first kappa shape index (κ1) is 18.7. The molecule has 0 unspecified atom stereocenters. The summed E-state index contributed by atoms with van der Waals surface area (Å²) in [6, 6.07) is 5.33. The maximum absolute atomic E-state index is 12.5. The Kier molecular flexibility index (Phi) is 5.80. The van der Waals surface area contributed by atoms with E-state index in [4.69, 9.17) is 4.74 Å². The molecule has 1 aromatic rings. The summed E-state index contributed by atoms with van der Waals surface area (Å²) >= 11 is 3.44. The number of piperidine rings is 1. The minimum atomic E-state index is -0.318. The standard InChI is InChI=1S/C18H22BrN3O4/c1-26-15-4-3-13(19)10-12(15)2-5-16(23)21-8-6-14(7-9-21)22-17(24)11-20-18(22)25/h3-4,10,14H,2,5-9,11H2,1H3,(H,20,25). The van der Waals surface area contributed by atoms with Gasteiger partial charge in [-0.1, -0.05) is 15.9 Å². The molecule has 2 aliphatic heterocycles. The van der Waals surface area contributed by atoms with E-state index in [0.717, 1.165) is 15.8 Å². The Morgan fingerprint density at radius 3 is 2.65 bits per heavy atom. The Morgan fingerprint density at radius 2 is 2.04 bits per heavy atom. The van der Waals surface area contributed by atoms with E-state index in [1.54, 1.807) is 7.11 Å². The van der Waals surface area contributed by atoms with Crippen molar-refractivity contribution in [1.29, 1.82) is 0 Å². The van der Waals surface area contributed by atoms with Crippen molar-refractivity contribution < 1.29 is 19.1 Å². The second-order valence-electron chi connectivity index (χ2n) is 6.49. The van der Waals surface area contributed by atoms with Crippen molar-refractivity contribution in [2.75, 3.05) is 26.7 Å². The number of carbonyl (C=O) groups is 3. The minimum Gasteiger partial charge on any atom is -0.496 e. The topological polar surface area (TPSA) is 79.0 Å². The van der Waals surface area contributed by atoms with Crippen LogP contribution in [-0.4, -0.2) is 60.4 Å². The zero-order valence-electron chi connectivity index (χ0n) is 14.7. The predicted molar refractivity (Wildman–Crippen MR) is 98.9 cm³/mol. The molecule has 4 amide bonds. The van der Waals surface area contributed by atoms with Crippen LogP contribution >= 0.6 is 15.9 Å². The molecule has 0 radical (unpaired) electrons. The number of hydrogen-bond acceptors (Lipinski definition) is 4. The lowest BCUT2D eigenvalue weighted by molar-refractivity contribution is -0.133. The lowest BCUT2D eigenvalue weighted by Crippen LogP contribution is -2.49. The zero-order valence-corrected chi connectivity index (χ0v) is 16.3. The molecule has 0 aliphatic carbocycles. The summed E-state index contributed by atoms with van der Waals surface area (Å²) in [6.07, 6.45) is 2.27. The lowest BCUT2D eigenvalue weighted by atomic mass is 10.0. The van der Waals surface area contributed by atoms with Crippen LogP contribution < -0.4 is 10.1 Å². The van der Waals surface area contributed by atoms with Gasteiger partial charge in [-0.15, -0.1) is 0 Å². The predicted octanol–water partition coefficient (Wildman–Crippen LogP) is 1.93. The van der Waals surface area contributed by atoms with Crippen LogP contribution in [-0.2, 0) is 16.0 Å². The summed E-state index contributed by atoms with van der Waals surface area (Å²) < 4.78 is 6.30. The number of imide groups is 1. The van der Waals surface area contributed by atoms with Crippen LogP contribution in [0.25, 0.3) is 0 Å². The third-order valence-corrected chi connectivity index (χ3v) is 5.40. The van der Waals surface area contributed by atoms with Gasteiger partial charge in [-0.2, -0.15) is 0 Å². The maximum Gasteiger partial charge on any atom is 0.324 e. The van der Waals surface area contributed by atoms with Crippen LogP contribution in [0.4, 0.5) is 4.79 Å². The number of likely N-dealkylation sites (tertiary alicyclic amines) is 1. The van der Waals surface area contributed by atoms with Crippen molar-refractivity contribution >= 4 is 33.8 Å². The van der Waals surface area contributed by atoms with Crippen molar-refractivity contribution in [1.82, 2.24) is 15.1 Å². The van der Waals surface area contributed by atoms with E-state index in [-0.39, 0.29) is 30.4 Å². The second-order valence-corrected chi connectivity index (χ2v) is 7.41. The molecule has 0 atom stereocenters. The van der Waals surface area contributed by atoms with Gasteiger partial charge in [0.2, 0.25) is 11.8 Å². The monoisotopic (exact) mass is 423 g/mol. The van der Waals surface area contributed by atoms with Crippen molar-refractivity contribution in [2.45, 2.75) is 31.7 Å². The number of aryl methyl sites for hydroxylation is 1. The number of methoxy groups -OCH3 is 1. The van der Waals surface area contributed by atoms with E-state index in [1.807, 2.05) is 23.1 Å². The molecule has 2 fully saturated rings. The number of nitrogens with zero attached hydrogens (tertiary/aromatic N) is 2. The summed E-state index contributed by atoms with van der Waals surface area (Å²) in [5, 5.41) is 2.55. The highest BCUT2D eigenvalue weighted by Crippen LogP contribution is 2.25. The Balaban J connectivity index is 1.52. The van der Waals surface area contributed by atoms with Crippen LogP contribution in [0.2, 0.25) is 0 Å². The number of nitrogens with one attached hydrogen (secondary N) is 1. The third kappa shape index (κ3) is 4.00. The van der Waals surface area contributed by atoms with Crippen LogP contribution in [0, 0.1) is 0 Å². The van der Waals surface area contributed by atoms with E-state index < -0.39 is 0 Å². The van der Waals surface area contributed by atoms with Crippen molar-refractivity contribution in [3.8, 4) is 5.75 Å². The molecule has 1 N–H and O–H groups in total. The molecule has 7 nitrogen and oxygen atoms in total. The normalized spacial score (nSPS) is 18.2. The van der Waals surface area contributed by atoms with Crippen molar-refractivity contribution in [2.24, 2.45) is 0 Å². The van der Waals surface area contributed by atoms with Gasteiger partial charge in [-0.3, -0.25) is 14.5 Å². The maximum atomic E-state index is 12.5. The van der Waals surface area contributed by atoms with Gasteiger partial charge in [0.05, 0.1) is 13.7 Å². The fourth-order valence-corrected chi connectivity index (χ4v) is 3.93. The summed E-state index contributed by atoms with van der Waals surface area (Å²) in [7, 11) is 1.62. The van der Waals surface area contributed by atoms with Crippen molar-refractivity contribution in [3.63, 3.8) is 0 Å². The lowest BCUT2D eigenvalue weighted by Gasteiger charge is -2.35. The first-order valence-electron chi connectivity index (χ1n) is 8.69. The number of benzene rings is 1. The van der Waals surface area contributed by atoms with Crippen LogP contribution in [0.3, 0.4) is 0 Å². The number of urea groups is 1. The van der Waals surface area contributed by atoms with Gasteiger partial charge in [0, 0.05) is 30.0 Å². The highest BCUT2D eigenvalue weighted by molar-refractivity contribution is 9.10. The molecule has 0 saturated carbocycles. The van der Waals surface area contributed by atoms with Gasteiger partial charge in [-0.25, -0.2) is 4.79 Å². The molecule has 2 aliphatic rings. The average Bonchev–Trinajstić information content (AvgIpc) is 2.98. The highest BCUT2D eigenvalue weighted by Gasteiger charge is 2.37. The van der Waals surface area contributed by atoms with Crippen LogP contribution in [0.15, 0.2) is 22.7 Å². The molecule has 2 saturated heterocycles. The molecule has 1 aromatic carbocycles. The SMILES string of the molecule is COc1ccc(Br)cc1CCC(=O)N1CCC(N2C(=O)CNC2=O)CC1. The molecule has 2 heterocycles. The molecule has 0 aromatic heterocycles. The van der Waals surface area contributed by atoms with Crippen LogP contribution in [0.5, 0.6) is 5.75 Å². The molecule has 140 valence electrons. The summed E-state index contributed by atoms with van der Waals surface area (Å²) in [4.78, 5) is 39.2. The summed E-state index contributed by atoms with van der Waals surface area (Å²) in [5.41, 5.74) is 0.990. The average molecular weight is 424 g/mol. The molecule has 3 rings (SSSR count). The Hall–Kier alpha value is -2.09. The van der Waals surface area contributed by atoms with E-state index in [1.165, 1.54) is 4.90 Å². The van der Waals surface area contributed by atoms with Gasteiger partial charge in [-0.05, 0) is 43.0 Å². The van der Waals surface area contributed by atoms with E-state index in [2.05, 4.69) is 21.2 Å².